The van der Waals surface area contributed by atoms with Gasteiger partial charge in [0, 0.05) is 30.6 Å². The van der Waals surface area contributed by atoms with Crippen molar-refractivity contribution < 1.29 is 8.42 Å². The number of rotatable bonds is 6. The quantitative estimate of drug-likeness (QED) is 0.860. The van der Waals surface area contributed by atoms with Crippen LogP contribution in [0.1, 0.15) is 29.7 Å². The molecule has 1 fully saturated rings. The van der Waals surface area contributed by atoms with Gasteiger partial charge in [-0.2, -0.15) is 4.31 Å². The van der Waals surface area contributed by atoms with E-state index in [-0.39, 0.29) is 12.1 Å². The summed E-state index contributed by atoms with van der Waals surface area (Å²) in [5.74, 6) is 0. The Bertz CT molecular complexity index is 604. The van der Waals surface area contributed by atoms with Crippen LogP contribution in [0.25, 0.3) is 0 Å². The van der Waals surface area contributed by atoms with Gasteiger partial charge in [-0.05, 0) is 51.2 Å². The second-order valence-electron chi connectivity index (χ2n) is 6.11. The van der Waals surface area contributed by atoms with Crippen LogP contribution in [0.4, 0.5) is 0 Å². The molecule has 5 nitrogen and oxygen atoms in total. The van der Waals surface area contributed by atoms with Gasteiger partial charge in [0.1, 0.15) is 4.90 Å². The number of sulfonamides is 1. The molecule has 0 bridgehead atoms. The molecule has 1 aliphatic carbocycles. The highest BCUT2D eigenvalue weighted by Gasteiger charge is 2.42. The second-order valence-corrected chi connectivity index (χ2v) is 9.05. The summed E-state index contributed by atoms with van der Waals surface area (Å²) in [6, 6.07) is 0. The second kappa shape index (κ2) is 5.96. The van der Waals surface area contributed by atoms with Gasteiger partial charge >= 0.3 is 0 Å². The molecule has 2 N–H and O–H groups in total. The molecule has 0 spiro atoms. The zero-order valence-electron chi connectivity index (χ0n) is 13.2. The summed E-state index contributed by atoms with van der Waals surface area (Å²) < 4.78 is 27.3. The summed E-state index contributed by atoms with van der Waals surface area (Å²) in [6.07, 6.45) is 3.26. The monoisotopic (exact) mass is 331 g/mol. The van der Waals surface area contributed by atoms with Crippen LogP contribution in [0.5, 0.6) is 0 Å². The first-order valence-corrected chi connectivity index (χ1v) is 9.47. The number of hydrogen-bond donors (Lipinski definition) is 1. The first-order chi connectivity index (χ1) is 9.74. The molecule has 0 atom stereocenters. The maximum Gasteiger partial charge on any atom is 0.244 e. The third kappa shape index (κ3) is 2.90. The van der Waals surface area contributed by atoms with E-state index in [0.29, 0.717) is 11.4 Å². The summed E-state index contributed by atoms with van der Waals surface area (Å²) in [5, 5.41) is 1.87. The van der Waals surface area contributed by atoms with Crippen molar-refractivity contribution in [1.29, 1.82) is 0 Å². The lowest BCUT2D eigenvalue weighted by molar-refractivity contribution is 0.0455. The molecule has 21 heavy (non-hydrogen) atoms. The fourth-order valence-corrected chi connectivity index (χ4v) is 5.86. The van der Waals surface area contributed by atoms with Crippen LogP contribution in [-0.4, -0.2) is 50.8 Å². The Labute approximate surface area is 131 Å². The zero-order valence-corrected chi connectivity index (χ0v) is 14.9. The third-order valence-corrected chi connectivity index (χ3v) is 7.88. The molecule has 0 saturated heterocycles. The zero-order chi connectivity index (χ0) is 15.8. The van der Waals surface area contributed by atoms with Gasteiger partial charge in [0.05, 0.1) is 0 Å². The van der Waals surface area contributed by atoms with E-state index in [0.717, 1.165) is 29.7 Å². The molecule has 0 unspecified atom stereocenters. The number of likely N-dealkylation sites (N-methyl/N-ethyl adjacent to an activating group) is 2. The van der Waals surface area contributed by atoms with Gasteiger partial charge in [0.15, 0.2) is 0 Å². The van der Waals surface area contributed by atoms with E-state index >= 15 is 0 Å². The molecule has 0 amide bonds. The molecule has 0 radical (unpaired) electrons. The predicted octanol–water partition coefficient (Wildman–Crippen LogP) is 1.62. The SMILES string of the molecule is Cc1csc(CN)c1S(=O)(=O)N(C)CC1(N(C)C)CCC1. The Morgan fingerprint density at radius 3 is 2.38 bits per heavy atom. The number of aryl methyl sites for hydroxylation is 1. The summed E-state index contributed by atoms with van der Waals surface area (Å²) >= 11 is 1.42. The van der Waals surface area contributed by atoms with E-state index in [9.17, 15) is 8.42 Å². The van der Waals surface area contributed by atoms with Gasteiger partial charge in [-0.15, -0.1) is 11.3 Å². The maximum atomic E-state index is 12.9. The van der Waals surface area contributed by atoms with E-state index in [4.69, 9.17) is 5.73 Å². The highest BCUT2D eigenvalue weighted by atomic mass is 32.2. The number of hydrogen-bond acceptors (Lipinski definition) is 5. The van der Waals surface area contributed by atoms with Gasteiger partial charge in [0.25, 0.3) is 0 Å². The van der Waals surface area contributed by atoms with Crippen LogP contribution in [0.2, 0.25) is 0 Å². The minimum Gasteiger partial charge on any atom is -0.326 e. The molecule has 1 aromatic rings. The van der Waals surface area contributed by atoms with Crippen molar-refractivity contribution in [3.63, 3.8) is 0 Å². The molecule has 1 heterocycles. The van der Waals surface area contributed by atoms with Gasteiger partial charge in [0.2, 0.25) is 10.0 Å². The average Bonchev–Trinajstić information content (AvgIpc) is 2.74. The van der Waals surface area contributed by atoms with Gasteiger partial charge in [-0.1, -0.05) is 0 Å². The molecule has 1 aromatic heterocycles. The van der Waals surface area contributed by atoms with E-state index in [1.807, 2.05) is 26.4 Å². The van der Waals surface area contributed by atoms with Crippen LogP contribution in [0.15, 0.2) is 10.3 Å². The van der Waals surface area contributed by atoms with Crippen LogP contribution in [0, 0.1) is 6.92 Å². The smallest absolute Gasteiger partial charge is 0.244 e. The van der Waals surface area contributed by atoms with Crippen LogP contribution >= 0.6 is 11.3 Å². The average molecular weight is 332 g/mol. The molecular weight excluding hydrogens is 306 g/mol. The Kier molecular flexibility index (Phi) is 4.80. The summed E-state index contributed by atoms with van der Waals surface area (Å²) in [5.41, 5.74) is 6.47. The minimum atomic E-state index is -3.47. The Balaban J connectivity index is 2.29. The minimum absolute atomic E-state index is 0.0192. The molecule has 1 aliphatic rings. The first kappa shape index (κ1) is 16.9. The predicted molar refractivity (Wildman–Crippen MR) is 87.0 cm³/mol. The van der Waals surface area contributed by atoms with Crippen LogP contribution in [-0.2, 0) is 16.6 Å². The molecule has 0 aromatic carbocycles. The molecule has 1 saturated carbocycles. The highest BCUT2D eigenvalue weighted by molar-refractivity contribution is 7.89. The van der Waals surface area contributed by atoms with Crippen molar-refractivity contribution in [2.24, 2.45) is 5.73 Å². The van der Waals surface area contributed by atoms with Gasteiger partial charge in [-0.3, -0.25) is 0 Å². The molecule has 0 aliphatic heterocycles. The molecule has 120 valence electrons. The maximum absolute atomic E-state index is 12.9. The van der Waals surface area contributed by atoms with Crippen molar-refractivity contribution in [2.45, 2.75) is 43.2 Å². The normalized spacial score (nSPS) is 18.2. The van der Waals surface area contributed by atoms with Crippen LogP contribution in [0.3, 0.4) is 0 Å². The van der Waals surface area contributed by atoms with Crippen LogP contribution < -0.4 is 5.73 Å². The first-order valence-electron chi connectivity index (χ1n) is 7.15. The molecular formula is C14H25N3O2S2. The number of nitrogens with zero attached hydrogens (tertiary/aromatic N) is 2. The fraction of sp³-hybridized carbons (Fsp3) is 0.714. The number of thiophene rings is 1. The standard InChI is InChI=1S/C14H25N3O2S2/c1-11-9-20-12(8-15)13(11)21(18,19)17(4)10-14(16(2)3)6-5-7-14/h9H,5-8,10,15H2,1-4H3. The Morgan fingerprint density at radius 2 is 1.95 bits per heavy atom. The molecule has 2 rings (SSSR count). The summed E-state index contributed by atoms with van der Waals surface area (Å²) in [6.45, 7) is 2.63. The summed E-state index contributed by atoms with van der Waals surface area (Å²) in [4.78, 5) is 3.31. The number of nitrogens with two attached hydrogens (primary N) is 1. The third-order valence-electron chi connectivity index (χ3n) is 4.59. The lowest BCUT2D eigenvalue weighted by Gasteiger charge is -2.49. The Hall–Kier alpha value is -0.470. The lowest BCUT2D eigenvalue weighted by atomic mass is 9.75. The van der Waals surface area contributed by atoms with E-state index in [1.54, 1.807) is 7.05 Å². The molecule has 7 heteroatoms. The van der Waals surface area contributed by atoms with Gasteiger partial charge in [-0.25, -0.2) is 8.42 Å². The van der Waals surface area contributed by atoms with Crippen molar-refractivity contribution in [2.75, 3.05) is 27.7 Å². The van der Waals surface area contributed by atoms with Crippen molar-refractivity contribution in [3.05, 3.63) is 15.8 Å². The van der Waals surface area contributed by atoms with Crippen molar-refractivity contribution in [3.8, 4) is 0 Å². The van der Waals surface area contributed by atoms with E-state index < -0.39 is 10.0 Å². The van der Waals surface area contributed by atoms with Gasteiger partial charge < -0.3 is 10.6 Å². The van der Waals surface area contributed by atoms with E-state index in [2.05, 4.69) is 4.90 Å². The fourth-order valence-electron chi connectivity index (χ4n) is 2.96. The van der Waals surface area contributed by atoms with Crippen molar-refractivity contribution >= 4 is 21.4 Å². The summed E-state index contributed by atoms with van der Waals surface area (Å²) in [7, 11) is 2.26. The topological polar surface area (TPSA) is 66.6 Å². The largest absolute Gasteiger partial charge is 0.326 e. The lowest BCUT2D eigenvalue weighted by Crippen LogP contribution is -2.57. The van der Waals surface area contributed by atoms with E-state index in [1.165, 1.54) is 15.6 Å². The Morgan fingerprint density at radius 1 is 1.33 bits per heavy atom. The van der Waals surface area contributed by atoms with Crippen molar-refractivity contribution in [1.82, 2.24) is 9.21 Å². The highest BCUT2D eigenvalue weighted by Crippen LogP contribution is 2.38.